The highest BCUT2D eigenvalue weighted by atomic mass is 79.9. The van der Waals surface area contributed by atoms with E-state index < -0.39 is 11.6 Å². The Bertz CT molecular complexity index is 608. The number of amides is 1. The summed E-state index contributed by atoms with van der Waals surface area (Å²) in [6.45, 7) is 4.21. The molecule has 2 rings (SSSR count). The number of likely N-dealkylation sites (tertiary alicyclic amines) is 1. The van der Waals surface area contributed by atoms with Gasteiger partial charge in [0.1, 0.15) is 5.75 Å². The van der Waals surface area contributed by atoms with Crippen molar-refractivity contribution in [3.63, 3.8) is 0 Å². The number of carboxylic acid groups (broad SMARTS) is 1. The number of carbonyl (C=O) groups is 2. The molecule has 6 nitrogen and oxygen atoms in total. The van der Waals surface area contributed by atoms with Gasteiger partial charge in [-0.2, -0.15) is 0 Å². The van der Waals surface area contributed by atoms with Gasteiger partial charge in [-0.15, -0.1) is 0 Å². The van der Waals surface area contributed by atoms with E-state index in [1.807, 2.05) is 13.8 Å². The van der Waals surface area contributed by atoms with Crippen molar-refractivity contribution in [2.45, 2.75) is 38.4 Å². The van der Waals surface area contributed by atoms with Crippen LogP contribution in [0, 0.1) is 0 Å². The van der Waals surface area contributed by atoms with Gasteiger partial charge in [-0.1, -0.05) is 15.9 Å². The smallest absolute Gasteiger partial charge is 0.335 e. The van der Waals surface area contributed by atoms with E-state index in [0.717, 1.165) is 4.47 Å². The van der Waals surface area contributed by atoms with E-state index in [0.29, 0.717) is 11.3 Å². The lowest BCUT2D eigenvalue weighted by atomic mass is 9.91. The van der Waals surface area contributed by atoms with Crippen molar-refractivity contribution in [3.05, 3.63) is 28.2 Å². The SMILES string of the molecule is CC(C)Oc1cc(Br)cc(C(=O)N2CCC(O)(C(=O)O)CC2)c1. The summed E-state index contributed by atoms with van der Waals surface area (Å²) < 4.78 is 6.35. The molecule has 1 fully saturated rings. The van der Waals surface area contributed by atoms with E-state index in [1.165, 1.54) is 0 Å². The summed E-state index contributed by atoms with van der Waals surface area (Å²) >= 11 is 3.36. The molecule has 1 saturated heterocycles. The largest absolute Gasteiger partial charge is 0.491 e. The van der Waals surface area contributed by atoms with Crippen molar-refractivity contribution in [1.82, 2.24) is 4.90 Å². The van der Waals surface area contributed by atoms with Crippen LogP contribution >= 0.6 is 15.9 Å². The maximum absolute atomic E-state index is 12.6. The second-order valence-electron chi connectivity index (χ2n) is 5.97. The number of benzene rings is 1. The van der Waals surface area contributed by atoms with Crippen LogP contribution in [0.3, 0.4) is 0 Å². The third-order valence-corrected chi connectivity index (χ3v) is 4.22. The Morgan fingerprint density at radius 1 is 1.26 bits per heavy atom. The molecule has 0 bridgehead atoms. The first kappa shape index (κ1) is 17.7. The van der Waals surface area contributed by atoms with Gasteiger partial charge in [-0.25, -0.2) is 4.79 Å². The first-order valence-electron chi connectivity index (χ1n) is 7.43. The number of aliphatic carboxylic acids is 1. The number of piperidine rings is 1. The van der Waals surface area contributed by atoms with E-state index in [4.69, 9.17) is 9.84 Å². The van der Waals surface area contributed by atoms with Gasteiger partial charge in [0.25, 0.3) is 5.91 Å². The van der Waals surface area contributed by atoms with Gasteiger partial charge in [0.2, 0.25) is 0 Å². The molecule has 0 radical (unpaired) electrons. The van der Waals surface area contributed by atoms with E-state index in [1.54, 1.807) is 23.1 Å². The number of aliphatic hydroxyl groups is 1. The summed E-state index contributed by atoms with van der Waals surface area (Å²) in [6.07, 6.45) is 0.0438. The molecule has 23 heavy (non-hydrogen) atoms. The minimum absolute atomic E-state index is 0.00666. The Kier molecular flexibility index (Phi) is 5.31. The molecule has 1 aromatic carbocycles. The first-order chi connectivity index (χ1) is 10.7. The molecule has 0 aromatic heterocycles. The Hall–Kier alpha value is -1.60. The van der Waals surface area contributed by atoms with E-state index in [9.17, 15) is 14.7 Å². The summed E-state index contributed by atoms with van der Waals surface area (Å²) in [5, 5.41) is 19.0. The highest BCUT2D eigenvalue weighted by molar-refractivity contribution is 9.10. The Morgan fingerprint density at radius 3 is 2.39 bits per heavy atom. The molecule has 1 aromatic rings. The van der Waals surface area contributed by atoms with Crippen LogP contribution in [-0.4, -0.2) is 51.8 Å². The van der Waals surface area contributed by atoms with Crippen LogP contribution in [0.5, 0.6) is 5.75 Å². The second-order valence-corrected chi connectivity index (χ2v) is 6.89. The Morgan fingerprint density at radius 2 is 1.87 bits per heavy atom. The molecule has 7 heteroatoms. The monoisotopic (exact) mass is 385 g/mol. The molecule has 2 N–H and O–H groups in total. The summed E-state index contributed by atoms with van der Waals surface area (Å²) in [4.78, 5) is 25.2. The highest BCUT2D eigenvalue weighted by Gasteiger charge is 2.40. The zero-order valence-corrected chi connectivity index (χ0v) is 14.7. The third kappa shape index (κ3) is 4.23. The predicted molar refractivity (Wildman–Crippen MR) is 87.6 cm³/mol. The fourth-order valence-corrected chi connectivity index (χ4v) is 2.97. The number of rotatable bonds is 4. The van der Waals surface area contributed by atoms with E-state index >= 15 is 0 Å². The normalized spacial score (nSPS) is 17.2. The van der Waals surface area contributed by atoms with Gasteiger partial charge in [0, 0.05) is 36.0 Å². The van der Waals surface area contributed by atoms with E-state index in [-0.39, 0.29) is 37.9 Å². The van der Waals surface area contributed by atoms with Gasteiger partial charge in [-0.05, 0) is 32.0 Å². The lowest BCUT2D eigenvalue weighted by Gasteiger charge is -2.35. The summed E-state index contributed by atoms with van der Waals surface area (Å²) in [5.74, 6) is -0.844. The van der Waals surface area contributed by atoms with Gasteiger partial charge >= 0.3 is 5.97 Å². The number of carbonyl (C=O) groups excluding carboxylic acids is 1. The molecule has 0 aliphatic carbocycles. The molecule has 0 saturated carbocycles. The predicted octanol–water partition coefficient (Wildman–Crippen LogP) is 2.29. The Labute approximate surface area is 143 Å². The maximum atomic E-state index is 12.6. The average molecular weight is 386 g/mol. The topological polar surface area (TPSA) is 87.1 Å². The van der Waals surface area contributed by atoms with Crippen molar-refractivity contribution in [2.75, 3.05) is 13.1 Å². The van der Waals surface area contributed by atoms with Crippen LogP contribution in [-0.2, 0) is 4.79 Å². The molecule has 0 unspecified atom stereocenters. The minimum Gasteiger partial charge on any atom is -0.491 e. The van der Waals surface area contributed by atoms with Gasteiger partial charge < -0.3 is 19.8 Å². The van der Waals surface area contributed by atoms with Crippen LogP contribution in [0.4, 0.5) is 0 Å². The van der Waals surface area contributed by atoms with Crippen LogP contribution in [0.25, 0.3) is 0 Å². The molecule has 1 aliphatic rings. The molecule has 0 atom stereocenters. The number of nitrogens with zero attached hydrogens (tertiary/aromatic N) is 1. The Balaban J connectivity index is 2.12. The fraction of sp³-hybridized carbons (Fsp3) is 0.500. The molecular weight excluding hydrogens is 366 g/mol. The molecule has 1 heterocycles. The van der Waals surface area contributed by atoms with Crippen LogP contribution in [0.2, 0.25) is 0 Å². The summed E-state index contributed by atoms with van der Waals surface area (Å²) in [6, 6.07) is 5.16. The molecule has 1 amide bonds. The van der Waals surface area contributed by atoms with Crippen molar-refractivity contribution < 1.29 is 24.5 Å². The van der Waals surface area contributed by atoms with Crippen LogP contribution in [0.15, 0.2) is 22.7 Å². The van der Waals surface area contributed by atoms with Crippen molar-refractivity contribution in [3.8, 4) is 5.75 Å². The standard InChI is InChI=1S/C16H20BrNO5/c1-10(2)23-13-8-11(7-12(17)9-13)14(19)18-5-3-16(22,4-6-18)15(20)21/h7-10,22H,3-6H2,1-2H3,(H,20,21). The molecule has 1 aliphatic heterocycles. The van der Waals surface area contributed by atoms with E-state index in [2.05, 4.69) is 15.9 Å². The first-order valence-corrected chi connectivity index (χ1v) is 8.23. The summed E-state index contributed by atoms with van der Waals surface area (Å²) in [7, 11) is 0. The second kappa shape index (κ2) is 6.88. The minimum atomic E-state index is -1.74. The van der Waals surface area contributed by atoms with Crippen molar-refractivity contribution >= 4 is 27.8 Å². The number of carboxylic acids is 1. The lowest BCUT2D eigenvalue weighted by molar-refractivity contribution is -0.162. The van der Waals surface area contributed by atoms with Gasteiger partial charge in [0.05, 0.1) is 6.10 Å². The van der Waals surface area contributed by atoms with Crippen LogP contribution < -0.4 is 4.74 Å². The maximum Gasteiger partial charge on any atom is 0.335 e. The third-order valence-electron chi connectivity index (χ3n) is 3.77. The average Bonchev–Trinajstić information content (AvgIpc) is 2.45. The van der Waals surface area contributed by atoms with Crippen molar-refractivity contribution in [1.29, 1.82) is 0 Å². The molecule has 0 spiro atoms. The quantitative estimate of drug-likeness (QED) is 0.829. The summed E-state index contributed by atoms with van der Waals surface area (Å²) in [5.41, 5.74) is -1.27. The number of ether oxygens (including phenoxy) is 1. The van der Waals surface area contributed by atoms with Crippen LogP contribution in [0.1, 0.15) is 37.0 Å². The van der Waals surface area contributed by atoms with Gasteiger partial charge in [-0.3, -0.25) is 4.79 Å². The number of halogens is 1. The van der Waals surface area contributed by atoms with Gasteiger partial charge in [0.15, 0.2) is 5.60 Å². The molecular formula is C16H20BrNO5. The zero-order valence-electron chi connectivity index (χ0n) is 13.1. The lowest BCUT2D eigenvalue weighted by Crippen LogP contribution is -2.50. The van der Waals surface area contributed by atoms with Crippen molar-refractivity contribution in [2.24, 2.45) is 0 Å². The molecule has 126 valence electrons. The fourth-order valence-electron chi connectivity index (χ4n) is 2.50. The number of hydrogen-bond acceptors (Lipinski definition) is 4. The highest BCUT2D eigenvalue weighted by Crippen LogP contribution is 2.27. The zero-order chi connectivity index (χ0) is 17.2. The number of hydrogen-bond donors (Lipinski definition) is 2.